The van der Waals surface area contributed by atoms with Gasteiger partial charge in [-0.1, -0.05) is 48.5 Å². The van der Waals surface area contributed by atoms with Gasteiger partial charge in [-0.05, 0) is 31.5 Å². The zero-order chi connectivity index (χ0) is 19.2. The van der Waals surface area contributed by atoms with E-state index < -0.39 is 12.1 Å². The number of aryl methyl sites for hydroxylation is 1. The second kappa shape index (κ2) is 8.31. The third kappa shape index (κ3) is 4.61. The average molecular weight is 364 g/mol. The summed E-state index contributed by atoms with van der Waals surface area (Å²) in [5.41, 5.74) is 1.79. The number of hydrogen-bond acceptors (Lipinski definition) is 5. The highest BCUT2D eigenvalue weighted by atomic mass is 16.5. The lowest BCUT2D eigenvalue weighted by molar-refractivity contribution is -0.129. The van der Waals surface area contributed by atoms with Crippen LogP contribution < -0.4 is 5.32 Å². The summed E-state index contributed by atoms with van der Waals surface area (Å²) >= 11 is 0. The molecule has 0 saturated heterocycles. The van der Waals surface area contributed by atoms with Crippen LogP contribution in [0.5, 0.6) is 0 Å². The van der Waals surface area contributed by atoms with Crippen molar-refractivity contribution in [1.29, 1.82) is 0 Å². The lowest BCUT2D eigenvalue weighted by Gasteiger charge is -2.12. The number of carbonyl (C=O) groups is 2. The van der Waals surface area contributed by atoms with Crippen LogP contribution in [-0.2, 0) is 16.1 Å². The minimum absolute atomic E-state index is 0.0663. The van der Waals surface area contributed by atoms with Gasteiger partial charge in [0, 0.05) is 12.1 Å². The van der Waals surface area contributed by atoms with Crippen molar-refractivity contribution in [3.63, 3.8) is 0 Å². The van der Waals surface area contributed by atoms with Gasteiger partial charge in [-0.3, -0.25) is 4.79 Å². The molecule has 1 heterocycles. The maximum atomic E-state index is 12.4. The number of hydrogen-bond donors (Lipinski definition) is 1. The minimum atomic E-state index is -0.947. The summed E-state index contributed by atoms with van der Waals surface area (Å²) in [7, 11) is 0. The molecular formula is C21H20N2O4. The predicted molar refractivity (Wildman–Crippen MR) is 99.8 cm³/mol. The van der Waals surface area contributed by atoms with Gasteiger partial charge in [0.2, 0.25) is 5.89 Å². The summed E-state index contributed by atoms with van der Waals surface area (Å²) in [5.74, 6) is -0.394. The molecule has 0 fully saturated rings. The zero-order valence-electron chi connectivity index (χ0n) is 15.1. The highest BCUT2D eigenvalue weighted by Gasteiger charge is 2.24. The van der Waals surface area contributed by atoms with Crippen molar-refractivity contribution in [2.45, 2.75) is 26.5 Å². The molecule has 6 nitrogen and oxygen atoms in total. The Bertz CT molecular complexity index is 920. The van der Waals surface area contributed by atoms with Crippen LogP contribution in [0.4, 0.5) is 0 Å². The summed E-state index contributed by atoms with van der Waals surface area (Å²) in [6, 6.07) is 18.7. The molecule has 138 valence electrons. The highest BCUT2D eigenvalue weighted by Crippen LogP contribution is 2.22. The molecule has 27 heavy (non-hydrogen) atoms. The third-order valence-corrected chi connectivity index (χ3v) is 3.97. The first kappa shape index (κ1) is 18.4. The molecule has 0 aliphatic rings. The van der Waals surface area contributed by atoms with Crippen LogP contribution >= 0.6 is 0 Å². The second-order valence-electron chi connectivity index (χ2n) is 6.04. The fourth-order valence-electron chi connectivity index (χ4n) is 2.49. The molecule has 0 spiro atoms. The van der Waals surface area contributed by atoms with Gasteiger partial charge in [0.15, 0.2) is 11.8 Å². The van der Waals surface area contributed by atoms with Crippen molar-refractivity contribution in [2.75, 3.05) is 0 Å². The Kier molecular flexibility index (Phi) is 5.66. The van der Waals surface area contributed by atoms with Crippen LogP contribution in [0.1, 0.15) is 28.7 Å². The molecule has 1 N–H and O–H groups in total. The topological polar surface area (TPSA) is 81.4 Å². The van der Waals surface area contributed by atoms with Gasteiger partial charge in [0.1, 0.15) is 5.76 Å². The standard InChI is InChI=1S/C21H20N2O4/c1-14-18(23-20(26-14)17-11-7-4-8-12-17)21(25)27-15(2)19(24)22-13-16-9-5-3-6-10-16/h3-12,15H,13H2,1-2H3,(H,22,24). The summed E-state index contributed by atoms with van der Waals surface area (Å²) in [4.78, 5) is 28.8. The van der Waals surface area contributed by atoms with Crippen LogP contribution in [0.15, 0.2) is 65.1 Å². The van der Waals surface area contributed by atoms with E-state index in [1.54, 1.807) is 6.92 Å². The van der Waals surface area contributed by atoms with Crippen LogP contribution in [0.25, 0.3) is 11.5 Å². The first-order valence-electron chi connectivity index (χ1n) is 8.60. The minimum Gasteiger partial charge on any atom is -0.448 e. The number of nitrogens with one attached hydrogen (secondary N) is 1. The molecule has 1 unspecified atom stereocenters. The average Bonchev–Trinajstić information content (AvgIpc) is 3.09. The van der Waals surface area contributed by atoms with Crippen LogP contribution in [0.2, 0.25) is 0 Å². The molecule has 0 saturated carbocycles. The Morgan fingerprint density at radius 3 is 2.37 bits per heavy atom. The van der Waals surface area contributed by atoms with Crippen molar-refractivity contribution in [3.8, 4) is 11.5 Å². The summed E-state index contributed by atoms with van der Waals surface area (Å²) < 4.78 is 10.8. The Hall–Kier alpha value is -3.41. The highest BCUT2D eigenvalue weighted by molar-refractivity contribution is 5.91. The van der Waals surface area contributed by atoms with Gasteiger partial charge >= 0.3 is 5.97 Å². The largest absolute Gasteiger partial charge is 0.448 e. The van der Waals surface area contributed by atoms with Gasteiger partial charge in [-0.15, -0.1) is 0 Å². The van der Waals surface area contributed by atoms with Crippen LogP contribution in [-0.4, -0.2) is 23.0 Å². The maximum absolute atomic E-state index is 12.4. The molecular weight excluding hydrogens is 344 g/mol. The van der Waals surface area contributed by atoms with Gasteiger partial charge in [0.25, 0.3) is 5.91 Å². The summed E-state index contributed by atoms with van der Waals surface area (Å²) in [6.07, 6.45) is -0.947. The quantitative estimate of drug-likeness (QED) is 0.677. The lowest BCUT2D eigenvalue weighted by atomic mass is 10.2. The van der Waals surface area contributed by atoms with E-state index in [9.17, 15) is 9.59 Å². The number of oxazole rings is 1. The van der Waals surface area contributed by atoms with Crippen LogP contribution in [0, 0.1) is 6.92 Å². The third-order valence-electron chi connectivity index (χ3n) is 3.97. The van der Waals surface area contributed by atoms with E-state index in [-0.39, 0.29) is 11.6 Å². The molecule has 0 aliphatic carbocycles. The number of carbonyl (C=O) groups excluding carboxylic acids is 2. The Balaban J connectivity index is 1.61. The number of benzene rings is 2. The van der Waals surface area contributed by atoms with E-state index in [0.29, 0.717) is 18.2 Å². The molecule has 1 amide bonds. The zero-order valence-corrected chi connectivity index (χ0v) is 15.1. The van der Waals surface area contributed by atoms with Gasteiger partial charge in [-0.25, -0.2) is 9.78 Å². The van der Waals surface area contributed by atoms with E-state index >= 15 is 0 Å². The summed E-state index contributed by atoms with van der Waals surface area (Å²) in [5, 5.41) is 2.74. The fourth-order valence-corrected chi connectivity index (χ4v) is 2.49. The number of rotatable bonds is 6. The molecule has 0 radical (unpaired) electrons. The van der Waals surface area contributed by atoms with Crippen molar-refractivity contribution < 1.29 is 18.7 Å². The lowest BCUT2D eigenvalue weighted by Crippen LogP contribution is -2.35. The summed E-state index contributed by atoms with van der Waals surface area (Å²) in [6.45, 7) is 3.52. The normalized spacial score (nSPS) is 11.6. The Morgan fingerprint density at radius 2 is 1.70 bits per heavy atom. The number of ether oxygens (including phenoxy) is 1. The molecule has 1 atom stereocenters. The van der Waals surface area contributed by atoms with Crippen molar-refractivity contribution in [3.05, 3.63) is 77.7 Å². The molecule has 0 aliphatic heterocycles. The van der Waals surface area contributed by atoms with Gasteiger partial charge in [0.05, 0.1) is 0 Å². The number of esters is 1. The van der Waals surface area contributed by atoms with E-state index in [4.69, 9.17) is 9.15 Å². The number of nitrogens with zero attached hydrogens (tertiary/aromatic N) is 1. The van der Waals surface area contributed by atoms with Gasteiger partial charge < -0.3 is 14.5 Å². The molecule has 1 aromatic heterocycles. The van der Waals surface area contributed by atoms with E-state index in [1.165, 1.54) is 6.92 Å². The molecule has 0 bridgehead atoms. The van der Waals surface area contributed by atoms with E-state index in [2.05, 4.69) is 10.3 Å². The fraction of sp³-hybridized carbons (Fsp3) is 0.190. The first-order valence-corrected chi connectivity index (χ1v) is 8.60. The monoisotopic (exact) mass is 364 g/mol. The van der Waals surface area contributed by atoms with Crippen molar-refractivity contribution in [1.82, 2.24) is 10.3 Å². The number of aromatic nitrogens is 1. The smallest absolute Gasteiger partial charge is 0.361 e. The van der Waals surface area contributed by atoms with Crippen molar-refractivity contribution >= 4 is 11.9 Å². The molecule has 3 aromatic rings. The molecule has 3 rings (SSSR count). The Morgan fingerprint density at radius 1 is 1.07 bits per heavy atom. The first-order chi connectivity index (χ1) is 13.0. The molecule has 6 heteroatoms. The second-order valence-corrected chi connectivity index (χ2v) is 6.04. The SMILES string of the molecule is Cc1oc(-c2ccccc2)nc1C(=O)OC(C)C(=O)NCc1ccccc1. The van der Waals surface area contributed by atoms with E-state index in [0.717, 1.165) is 11.1 Å². The molecule has 2 aromatic carbocycles. The van der Waals surface area contributed by atoms with E-state index in [1.807, 2.05) is 60.7 Å². The van der Waals surface area contributed by atoms with Gasteiger partial charge in [-0.2, -0.15) is 0 Å². The number of amides is 1. The predicted octanol–water partition coefficient (Wildman–Crippen LogP) is 3.51. The maximum Gasteiger partial charge on any atom is 0.361 e. The van der Waals surface area contributed by atoms with Crippen LogP contribution in [0.3, 0.4) is 0 Å². The van der Waals surface area contributed by atoms with Crippen molar-refractivity contribution in [2.24, 2.45) is 0 Å². The Labute approximate surface area is 157 Å².